The minimum Gasteiger partial charge on any atom is -0.507 e. The maximum atomic E-state index is 15.3. The lowest BCUT2D eigenvalue weighted by molar-refractivity contribution is -0.334. The van der Waals surface area contributed by atoms with Gasteiger partial charge in [0.1, 0.15) is 83.8 Å². The molecule has 6 heterocycles. The molecule has 2 aromatic carbocycles. The summed E-state index contributed by atoms with van der Waals surface area (Å²) < 4.78 is 90.0. The Balaban J connectivity index is 0.968. The van der Waals surface area contributed by atoms with E-state index >= 15 is 4.79 Å². The van der Waals surface area contributed by atoms with Crippen LogP contribution in [0.15, 0.2) is 18.2 Å². The number of phenols is 2. The molecule has 0 bridgehead atoms. The number of hydrogen-bond acceptors (Lipinski definition) is 29. The third-order valence-corrected chi connectivity index (χ3v) is 18.1. The monoisotopic (exact) mass is 1300 g/mol. The number of aliphatic hydroxyl groups is 8. The van der Waals surface area contributed by atoms with Gasteiger partial charge in [0.25, 0.3) is 0 Å². The first-order valence-corrected chi connectivity index (χ1v) is 30.8. The van der Waals surface area contributed by atoms with Gasteiger partial charge in [-0.1, -0.05) is 13.8 Å². The summed E-state index contributed by atoms with van der Waals surface area (Å²) in [4.78, 5) is 54.7. The van der Waals surface area contributed by atoms with Gasteiger partial charge in [0.15, 0.2) is 49.4 Å². The van der Waals surface area contributed by atoms with Crippen LogP contribution in [0.3, 0.4) is 0 Å². The quantitative estimate of drug-likeness (QED) is 0.0788. The van der Waals surface area contributed by atoms with E-state index < -0.39 is 219 Å². The molecule has 9 rings (SSSR count). The van der Waals surface area contributed by atoms with Crippen molar-refractivity contribution in [2.45, 2.75) is 266 Å². The number of hydrogen-bond donors (Lipinski definition) is 11. The van der Waals surface area contributed by atoms with Crippen LogP contribution in [0, 0.1) is 11.8 Å². The van der Waals surface area contributed by atoms with Gasteiger partial charge in [0, 0.05) is 65.2 Å². The zero-order valence-electron chi connectivity index (χ0n) is 52.6. The van der Waals surface area contributed by atoms with Crippen molar-refractivity contribution in [2.24, 2.45) is 11.8 Å². The zero-order valence-corrected chi connectivity index (χ0v) is 52.6. The highest BCUT2D eigenvalue weighted by Crippen LogP contribution is 2.46. The molecule has 6 fully saturated rings. The number of benzene rings is 2. The molecule has 1 aliphatic carbocycles. The van der Waals surface area contributed by atoms with Crippen LogP contribution in [0.5, 0.6) is 17.2 Å². The number of aromatic hydroxyl groups is 2. The average Bonchev–Trinajstić information content (AvgIpc) is 0.742. The lowest BCUT2D eigenvalue weighted by Crippen LogP contribution is -2.65. The smallest absolute Gasteiger partial charge is 0.308 e. The summed E-state index contributed by atoms with van der Waals surface area (Å²) in [6.45, 7) is 13.3. The highest BCUT2D eigenvalue weighted by Gasteiger charge is 2.53. The average molecular weight is 1300 g/mol. The van der Waals surface area contributed by atoms with Crippen LogP contribution in [-0.2, 0) is 87.1 Å². The van der Waals surface area contributed by atoms with Crippen LogP contribution in [0.25, 0.3) is 10.8 Å². The number of aliphatic hydroxyl groups excluding tert-OH is 7. The van der Waals surface area contributed by atoms with Crippen LogP contribution < -0.4 is 10.1 Å². The molecule has 91 heavy (non-hydrogen) atoms. The summed E-state index contributed by atoms with van der Waals surface area (Å²) in [5, 5.41) is 114. The molecule has 0 saturated carbocycles. The van der Waals surface area contributed by atoms with E-state index in [-0.39, 0.29) is 66.2 Å². The van der Waals surface area contributed by atoms with E-state index in [4.69, 9.17) is 71.1 Å². The molecule has 0 unspecified atom stereocenters. The fraction of sp³-hybridized carbons (Fsp3) is 0.770. The number of Topliss-reactive ketones (excluding diaryl/α,β-unsaturated/α-hetero) is 1. The van der Waals surface area contributed by atoms with Crippen molar-refractivity contribution >= 4 is 34.4 Å². The molecule has 30 nitrogen and oxygen atoms in total. The van der Waals surface area contributed by atoms with Gasteiger partial charge in [-0.15, -0.1) is 0 Å². The van der Waals surface area contributed by atoms with E-state index in [1.54, 1.807) is 41.5 Å². The van der Waals surface area contributed by atoms with Crippen molar-refractivity contribution in [3.8, 4) is 17.2 Å². The molecule has 28 atom stereocenters. The Morgan fingerprint density at radius 3 is 1.86 bits per heavy atom. The largest absolute Gasteiger partial charge is 0.507 e. The first kappa shape index (κ1) is 70.7. The van der Waals surface area contributed by atoms with Gasteiger partial charge in [-0.25, -0.2) is 0 Å². The number of phenolic OH excluding ortho intramolecular Hbond substituents is 2. The van der Waals surface area contributed by atoms with E-state index in [1.165, 1.54) is 46.1 Å². The lowest BCUT2D eigenvalue weighted by Gasteiger charge is -2.47. The Morgan fingerprint density at radius 2 is 1.26 bits per heavy atom. The number of carbonyl (C=O) groups is 4. The predicted molar refractivity (Wildman–Crippen MR) is 306 cm³/mol. The topological polar surface area (TPSA) is 421 Å². The predicted octanol–water partition coefficient (Wildman–Crippen LogP) is -0.521. The van der Waals surface area contributed by atoms with Gasteiger partial charge < -0.3 is 127 Å². The van der Waals surface area contributed by atoms with E-state index in [0.29, 0.717) is 0 Å². The Kier molecular flexibility index (Phi) is 22.7. The van der Waals surface area contributed by atoms with E-state index in [1.807, 2.05) is 0 Å². The lowest BCUT2D eigenvalue weighted by atomic mass is 9.76. The molecule has 0 radical (unpaired) electrons. The molecule has 6 saturated heterocycles. The van der Waals surface area contributed by atoms with Gasteiger partial charge >= 0.3 is 11.9 Å². The van der Waals surface area contributed by atoms with Gasteiger partial charge in [-0.3, -0.25) is 19.2 Å². The molecule has 0 spiro atoms. The maximum absolute atomic E-state index is 15.3. The van der Waals surface area contributed by atoms with Crippen molar-refractivity contribution in [1.82, 2.24) is 5.32 Å². The molecule has 11 N–H and O–H groups in total. The minimum atomic E-state index is -1.95. The van der Waals surface area contributed by atoms with Gasteiger partial charge in [0.2, 0.25) is 12.2 Å². The molecule has 2 aromatic rings. The number of rotatable bonds is 19. The summed E-state index contributed by atoms with van der Waals surface area (Å²) in [5.74, 6) is -6.15. The highest BCUT2D eigenvalue weighted by atomic mass is 16.7. The molecule has 30 heteroatoms. The molecular formula is C61H89NO29. The van der Waals surface area contributed by atoms with Crippen molar-refractivity contribution in [3.63, 3.8) is 0 Å². The Bertz CT molecular complexity index is 2850. The standard InChI is InChI=1S/C61H89NO29/c1-22(2)59(74)91-57-27(7)83-43(20-61(57,9)76)87-36-17-41(79-23(3)48(36)68)86-35-18-42(80-24(4)47(35)67)90-55-32(56(78-11)58(73)62-46-52(72)49(69)38(21-63)89-60(46)75)14-30-12-29-13-31(15-33(65)44(29)50(70)45(30)51(55)71)85-40-19-37(54(26(6)82-40)84-28(8)64)88-39-16-34(66)53(77-10)25(5)81-39/h12-13,15,22-27,32,34-43,46-49,52-57,60,63,65-70,72,75-76H,14,16-21H2,1-11H3,(H,62,73)/t23-,24-,25-,26-,27+,32-,34-,35+,36+,37-,38-,39-,40+,41+,42+,43+,46-,47-,48-,49+,52-,53-,54-,55+,56+,57+,60-,61-/m1/s1. The van der Waals surface area contributed by atoms with Crippen molar-refractivity contribution in [2.75, 3.05) is 20.8 Å². The summed E-state index contributed by atoms with van der Waals surface area (Å²) >= 11 is 0. The number of amides is 1. The Labute approximate surface area is 525 Å². The number of nitrogens with one attached hydrogen (secondary N) is 1. The minimum absolute atomic E-state index is 0.0105. The fourth-order valence-corrected chi connectivity index (χ4v) is 13.4. The highest BCUT2D eigenvalue weighted by molar-refractivity contribution is 6.11. The molecule has 1 amide bonds. The van der Waals surface area contributed by atoms with Gasteiger partial charge in [0.05, 0.1) is 72.3 Å². The maximum Gasteiger partial charge on any atom is 0.308 e. The number of esters is 2. The number of methoxy groups -OCH3 is 2. The zero-order chi connectivity index (χ0) is 66.4. The second-order valence-corrected chi connectivity index (χ2v) is 25.3. The molecule has 6 aliphatic heterocycles. The summed E-state index contributed by atoms with van der Waals surface area (Å²) in [6, 6.07) is 2.42. The number of fused-ring (bicyclic) bond motifs is 2. The molecule has 7 aliphatic rings. The van der Waals surface area contributed by atoms with Crippen LogP contribution in [0.1, 0.15) is 110 Å². The third-order valence-electron chi connectivity index (χ3n) is 18.1. The van der Waals surface area contributed by atoms with Gasteiger partial charge in [-0.05, 0) is 71.0 Å². The first-order valence-electron chi connectivity index (χ1n) is 30.8. The van der Waals surface area contributed by atoms with E-state index in [9.17, 15) is 65.4 Å². The number of ether oxygens (including phenoxy) is 15. The van der Waals surface area contributed by atoms with Crippen molar-refractivity contribution < 1.29 is 141 Å². The van der Waals surface area contributed by atoms with Crippen LogP contribution in [-0.4, -0.2) is 261 Å². The Morgan fingerprint density at radius 1 is 0.692 bits per heavy atom. The normalized spacial score (nSPS) is 41.7. The summed E-state index contributed by atoms with van der Waals surface area (Å²) in [5.41, 5.74) is -1.79. The van der Waals surface area contributed by atoms with Gasteiger partial charge in [-0.2, -0.15) is 0 Å². The third kappa shape index (κ3) is 15.4. The number of ketones is 1. The summed E-state index contributed by atoms with van der Waals surface area (Å²) in [6.07, 6.45) is -30.5. The fourth-order valence-electron chi connectivity index (χ4n) is 13.4. The number of carbonyl (C=O) groups excluding carboxylic acids is 4. The van der Waals surface area contributed by atoms with E-state index in [0.717, 1.165) is 7.11 Å². The molecular weight excluding hydrogens is 1210 g/mol. The van der Waals surface area contributed by atoms with E-state index in [2.05, 4.69) is 5.32 Å². The Hall–Kier alpha value is -4.62. The summed E-state index contributed by atoms with van der Waals surface area (Å²) in [7, 11) is 2.60. The van der Waals surface area contributed by atoms with Crippen molar-refractivity contribution in [1.29, 1.82) is 0 Å². The first-order chi connectivity index (χ1) is 42.9. The van der Waals surface area contributed by atoms with Crippen molar-refractivity contribution in [3.05, 3.63) is 29.3 Å². The van der Waals surface area contributed by atoms with Crippen LogP contribution >= 0.6 is 0 Å². The second kappa shape index (κ2) is 29.2. The molecule has 512 valence electrons. The SMILES string of the molecule is CO[C@H]1[C@H](O)C[C@@H](O[C@@H]2C[C@H](Oc3cc(O)c4c(O)c5c(cc4c3)C[C@@H]([C@H](OC)C(=O)N[C@@H]3[C@@H](O)[C@@H](O)[C@@H](CO)O[C@H]3O)[C@H](O[C@H]3C[C@H](O[C@H]4C[C@H](O[C@H]6C[C@@](C)(O)[C@@H](OC(=O)C(C)C)[C@H](C)O6)[C@H](O)[C@@H](C)O4)[C@H](O)[C@@H](C)O3)C5=O)O[C@H](C)[C@H]2OC(C)=O)O[C@@H]1C. The van der Waals surface area contributed by atoms with Crippen LogP contribution in [0.4, 0.5) is 0 Å². The second-order valence-electron chi connectivity index (χ2n) is 25.3. The van der Waals surface area contributed by atoms with Crippen LogP contribution in [0.2, 0.25) is 0 Å². The molecule has 0 aromatic heterocycles.